The van der Waals surface area contributed by atoms with Crippen LogP contribution >= 0.6 is 0 Å². The predicted octanol–water partition coefficient (Wildman–Crippen LogP) is 4.78. The van der Waals surface area contributed by atoms with Crippen LogP contribution in [0, 0.1) is 6.92 Å². The lowest BCUT2D eigenvalue weighted by Gasteiger charge is -2.08. The minimum absolute atomic E-state index is 0.0160. The number of hydrogen-bond acceptors (Lipinski definition) is 2. The smallest absolute Gasteiger partial charge is 0.224 e. The summed E-state index contributed by atoms with van der Waals surface area (Å²) in [6.45, 7) is 4.12. The number of anilines is 1. The molecule has 0 aliphatic carbocycles. The van der Waals surface area contributed by atoms with Crippen LogP contribution in [0.4, 0.5) is 5.69 Å². The normalized spacial score (nSPS) is 10.5. The van der Waals surface area contributed by atoms with Gasteiger partial charge >= 0.3 is 0 Å². The second kappa shape index (κ2) is 9.40. The van der Waals surface area contributed by atoms with Gasteiger partial charge in [-0.1, -0.05) is 51.5 Å². The molecule has 0 radical (unpaired) electrons. The standard InChI is InChI=1S/C17H27NO2/c1-3-4-5-6-7-8-9-10-17(20)18-15-12-11-14(2)13-16(15)19/h11-13,19H,3-10H2,1-2H3,(H,18,20). The molecule has 1 rings (SSSR count). The summed E-state index contributed by atoms with van der Waals surface area (Å²) >= 11 is 0. The number of aromatic hydroxyl groups is 1. The zero-order valence-corrected chi connectivity index (χ0v) is 12.7. The fraction of sp³-hybridized carbons (Fsp3) is 0.588. The van der Waals surface area contributed by atoms with E-state index in [4.69, 9.17) is 0 Å². The molecule has 0 heterocycles. The highest BCUT2D eigenvalue weighted by Gasteiger charge is 2.06. The van der Waals surface area contributed by atoms with Gasteiger partial charge in [-0.2, -0.15) is 0 Å². The zero-order valence-electron chi connectivity index (χ0n) is 12.7. The van der Waals surface area contributed by atoms with Crippen LogP contribution < -0.4 is 5.32 Å². The Morgan fingerprint density at radius 1 is 1.10 bits per heavy atom. The minimum Gasteiger partial charge on any atom is -0.506 e. The Balaban J connectivity index is 2.17. The summed E-state index contributed by atoms with van der Waals surface area (Å²) in [5.41, 5.74) is 1.48. The molecule has 3 nitrogen and oxygen atoms in total. The van der Waals surface area contributed by atoms with Gasteiger partial charge in [0.1, 0.15) is 5.75 Å². The molecular weight excluding hydrogens is 250 g/mol. The van der Waals surface area contributed by atoms with Crippen LogP contribution in [0.2, 0.25) is 0 Å². The van der Waals surface area contributed by atoms with Crippen LogP contribution in [0.1, 0.15) is 63.9 Å². The Bertz CT molecular complexity index is 415. The van der Waals surface area contributed by atoms with Crippen molar-refractivity contribution >= 4 is 11.6 Å². The second-order valence-corrected chi connectivity index (χ2v) is 5.44. The number of carbonyl (C=O) groups excluding carboxylic acids is 1. The minimum atomic E-state index is -0.0160. The molecule has 3 heteroatoms. The van der Waals surface area contributed by atoms with Gasteiger partial charge in [0.05, 0.1) is 5.69 Å². The molecule has 0 aliphatic heterocycles. The predicted molar refractivity (Wildman–Crippen MR) is 84.1 cm³/mol. The largest absolute Gasteiger partial charge is 0.506 e. The highest BCUT2D eigenvalue weighted by atomic mass is 16.3. The van der Waals surface area contributed by atoms with E-state index in [0.29, 0.717) is 12.1 Å². The molecule has 0 atom stereocenters. The number of unbranched alkanes of at least 4 members (excludes halogenated alkanes) is 6. The molecule has 0 spiro atoms. The van der Waals surface area contributed by atoms with Crippen LogP contribution in [-0.2, 0) is 4.79 Å². The molecule has 0 aliphatic rings. The van der Waals surface area contributed by atoms with Crippen molar-refractivity contribution in [1.82, 2.24) is 0 Å². The van der Waals surface area contributed by atoms with Crippen molar-refractivity contribution in [2.24, 2.45) is 0 Å². The maximum absolute atomic E-state index is 11.8. The van der Waals surface area contributed by atoms with E-state index in [1.807, 2.05) is 13.0 Å². The van der Waals surface area contributed by atoms with Gasteiger partial charge in [-0.3, -0.25) is 4.79 Å². The molecular formula is C17H27NO2. The van der Waals surface area contributed by atoms with Crippen molar-refractivity contribution in [1.29, 1.82) is 0 Å². The Morgan fingerprint density at radius 3 is 2.40 bits per heavy atom. The lowest BCUT2D eigenvalue weighted by Crippen LogP contribution is -2.11. The van der Waals surface area contributed by atoms with Crippen molar-refractivity contribution in [3.63, 3.8) is 0 Å². The first-order valence-electron chi connectivity index (χ1n) is 7.73. The fourth-order valence-electron chi connectivity index (χ4n) is 2.20. The summed E-state index contributed by atoms with van der Waals surface area (Å²) in [6.07, 6.45) is 8.93. The number of benzene rings is 1. The molecule has 2 N–H and O–H groups in total. The molecule has 0 bridgehead atoms. The number of rotatable bonds is 9. The van der Waals surface area contributed by atoms with Crippen molar-refractivity contribution < 1.29 is 9.90 Å². The Kier molecular flexibility index (Phi) is 7.78. The molecule has 112 valence electrons. The SMILES string of the molecule is CCCCCCCCCC(=O)Nc1ccc(C)cc1O. The lowest BCUT2D eigenvalue weighted by molar-refractivity contribution is -0.116. The van der Waals surface area contributed by atoms with Gasteiger partial charge in [-0.05, 0) is 31.0 Å². The summed E-state index contributed by atoms with van der Waals surface area (Å²) in [6, 6.07) is 5.28. The van der Waals surface area contributed by atoms with Crippen LogP contribution in [0.15, 0.2) is 18.2 Å². The first-order valence-corrected chi connectivity index (χ1v) is 7.73. The van der Waals surface area contributed by atoms with Crippen LogP contribution in [0.25, 0.3) is 0 Å². The number of carbonyl (C=O) groups is 1. The average Bonchev–Trinajstić information content (AvgIpc) is 2.41. The van der Waals surface area contributed by atoms with E-state index in [1.54, 1.807) is 12.1 Å². The van der Waals surface area contributed by atoms with Crippen LogP contribution in [0.5, 0.6) is 5.75 Å². The Hall–Kier alpha value is -1.51. The van der Waals surface area contributed by atoms with Crippen LogP contribution in [0.3, 0.4) is 0 Å². The molecule has 1 amide bonds. The Morgan fingerprint density at radius 2 is 1.75 bits per heavy atom. The summed E-state index contributed by atoms with van der Waals surface area (Å²) < 4.78 is 0. The first kappa shape index (κ1) is 16.5. The topological polar surface area (TPSA) is 49.3 Å². The van der Waals surface area contributed by atoms with Gasteiger partial charge < -0.3 is 10.4 Å². The van der Waals surface area contributed by atoms with Gasteiger partial charge in [-0.15, -0.1) is 0 Å². The molecule has 20 heavy (non-hydrogen) atoms. The summed E-state index contributed by atoms with van der Waals surface area (Å²) in [4.78, 5) is 11.8. The van der Waals surface area contributed by atoms with E-state index >= 15 is 0 Å². The number of nitrogens with one attached hydrogen (secondary N) is 1. The van der Waals surface area contributed by atoms with Gasteiger partial charge in [0.2, 0.25) is 5.91 Å². The highest BCUT2D eigenvalue weighted by molar-refractivity contribution is 5.92. The number of amides is 1. The van der Waals surface area contributed by atoms with E-state index in [0.717, 1.165) is 18.4 Å². The van der Waals surface area contributed by atoms with E-state index in [2.05, 4.69) is 12.2 Å². The van der Waals surface area contributed by atoms with Gasteiger partial charge in [0, 0.05) is 6.42 Å². The number of hydrogen-bond donors (Lipinski definition) is 2. The third-order valence-electron chi connectivity index (χ3n) is 3.43. The number of phenols is 1. The van der Waals surface area contributed by atoms with Crippen molar-refractivity contribution in [3.8, 4) is 5.75 Å². The zero-order chi connectivity index (χ0) is 14.8. The van der Waals surface area contributed by atoms with Gasteiger partial charge in [0.25, 0.3) is 0 Å². The second-order valence-electron chi connectivity index (χ2n) is 5.44. The lowest BCUT2D eigenvalue weighted by atomic mass is 10.1. The maximum Gasteiger partial charge on any atom is 0.224 e. The summed E-state index contributed by atoms with van der Waals surface area (Å²) in [5.74, 6) is 0.121. The van der Waals surface area contributed by atoms with Gasteiger partial charge in [0.15, 0.2) is 0 Å². The highest BCUT2D eigenvalue weighted by Crippen LogP contribution is 2.24. The molecule has 0 saturated carbocycles. The van der Waals surface area contributed by atoms with Crippen molar-refractivity contribution in [2.45, 2.75) is 65.2 Å². The fourth-order valence-corrected chi connectivity index (χ4v) is 2.20. The van der Waals surface area contributed by atoms with E-state index in [1.165, 1.54) is 32.1 Å². The van der Waals surface area contributed by atoms with Crippen molar-refractivity contribution in [3.05, 3.63) is 23.8 Å². The molecule has 1 aromatic carbocycles. The number of aryl methyl sites for hydroxylation is 1. The number of phenolic OH excluding ortho intramolecular Hbond substituents is 1. The van der Waals surface area contributed by atoms with Crippen molar-refractivity contribution in [2.75, 3.05) is 5.32 Å². The Labute approximate surface area is 122 Å². The third-order valence-corrected chi connectivity index (χ3v) is 3.43. The molecule has 0 fully saturated rings. The average molecular weight is 277 g/mol. The van der Waals surface area contributed by atoms with Crippen LogP contribution in [-0.4, -0.2) is 11.0 Å². The van der Waals surface area contributed by atoms with E-state index in [9.17, 15) is 9.90 Å². The maximum atomic E-state index is 11.8. The quantitative estimate of drug-likeness (QED) is 0.504. The van der Waals surface area contributed by atoms with Gasteiger partial charge in [-0.25, -0.2) is 0 Å². The van der Waals surface area contributed by atoms with E-state index in [-0.39, 0.29) is 11.7 Å². The molecule has 0 unspecified atom stereocenters. The monoisotopic (exact) mass is 277 g/mol. The summed E-state index contributed by atoms with van der Waals surface area (Å²) in [7, 11) is 0. The third kappa shape index (κ3) is 6.60. The molecule has 1 aromatic rings. The first-order chi connectivity index (χ1) is 9.63. The summed E-state index contributed by atoms with van der Waals surface area (Å²) in [5, 5.41) is 12.5. The van der Waals surface area contributed by atoms with E-state index < -0.39 is 0 Å². The molecule has 0 aromatic heterocycles. The molecule has 0 saturated heterocycles.